The van der Waals surface area contributed by atoms with Gasteiger partial charge in [-0.05, 0) is 97.6 Å². The van der Waals surface area contributed by atoms with Crippen molar-refractivity contribution in [3.63, 3.8) is 0 Å². The minimum absolute atomic E-state index is 0.135. The summed E-state index contributed by atoms with van der Waals surface area (Å²) in [6, 6.07) is 14.8. The average molecular weight is 617 g/mol. The third-order valence-electron chi connectivity index (χ3n) is 7.57. The standard InChI is InChI=1S/C46H33N/c1-3-12-34(13-4-1)36-24-28-42(29-25-36)47(44-21-10-20-41(33-44)46-23-11-17-38-16-7-8-22-45(38)46)43-30-26-37(27-31-43)40-19-9-18-39(32-40)35-14-5-2-6-15-35/h1-33H/i1D,3D,4D,10D,12D,13D,20D,21D,24D,25D,26D,27D,28D,29D,30D,31D,33D. The van der Waals surface area contributed by atoms with E-state index in [0.29, 0.717) is 26.8 Å². The molecule has 8 aromatic carbocycles. The second-order valence-corrected chi connectivity index (χ2v) is 10.5. The van der Waals surface area contributed by atoms with Gasteiger partial charge in [-0.1, -0.05) is 157 Å². The van der Waals surface area contributed by atoms with Crippen LogP contribution >= 0.6 is 0 Å². The molecule has 0 amide bonds. The summed E-state index contributed by atoms with van der Waals surface area (Å²) in [6.45, 7) is 0. The fourth-order valence-corrected chi connectivity index (χ4v) is 5.32. The predicted octanol–water partition coefficient (Wildman–Crippen LogP) is 13.0. The monoisotopic (exact) mass is 616 g/mol. The second kappa shape index (κ2) is 12.7. The summed E-state index contributed by atoms with van der Waals surface area (Å²) in [5, 5.41) is 1.26. The molecule has 0 saturated heterocycles. The van der Waals surface area contributed by atoms with Crippen LogP contribution in [0.2, 0.25) is 0 Å². The Labute approximate surface area is 300 Å². The molecule has 8 aromatic rings. The maximum absolute atomic E-state index is 9.74. The molecule has 47 heavy (non-hydrogen) atoms. The first-order valence-electron chi connectivity index (χ1n) is 23.2. The van der Waals surface area contributed by atoms with Crippen molar-refractivity contribution in [2.24, 2.45) is 0 Å². The van der Waals surface area contributed by atoms with Crippen molar-refractivity contribution >= 4 is 27.8 Å². The van der Waals surface area contributed by atoms with Gasteiger partial charge in [-0.2, -0.15) is 0 Å². The number of fused-ring (bicyclic) bond motifs is 1. The minimum Gasteiger partial charge on any atom is -0.310 e. The molecule has 0 aliphatic heterocycles. The maximum atomic E-state index is 9.74. The molecule has 222 valence electrons. The first-order chi connectivity index (χ1) is 30.4. The van der Waals surface area contributed by atoms with Crippen molar-refractivity contribution in [3.05, 3.63) is 200 Å². The molecule has 0 spiro atoms. The molecule has 0 aliphatic carbocycles. The molecular weight excluding hydrogens is 567 g/mol. The summed E-state index contributed by atoms with van der Waals surface area (Å²) < 4.78 is 154. The van der Waals surface area contributed by atoms with Crippen LogP contribution in [0.5, 0.6) is 0 Å². The number of rotatable bonds is 7. The largest absolute Gasteiger partial charge is 0.310 e. The zero-order chi connectivity index (χ0) is 46.2. The number of anilines is 3. The van der Waals surface area contributed by atoms with Crippen LogP contribution in [-0.2, 0) is 0 Å². The van der Waals surface area contributed by atoms with E-state index in [1.54, 1.807) is 60.7 Å². The lowest BCUT2D eigenvalue weighted by molar-refractivity contribution is 1.28. The van der Waals surface area contributed by atoms with Crippen LogP contribution in [0.25, 0.3) is 55.3 Å². The zero-order valence-electron chi connectivity index (χ0n) is 41.7. The van der Waals surface area contributed by atoms with E-state index in [9.17, 15) is 13.7 Å². The van der Waals surface area contributed by atoms with Gasteiger partial charge in [0.15, 0.2) is 0 Å². The Kier molecular flexibility index (Phi) is 4.15. The van der Waals surface area contributed by atoms with E-state index in [4.69, 9.17) is 9.60 Å². The molecule has 0 saturated carbocycles. The molecule has 8 rings (SSSR count). The quantitative estimate of drug-likeness (QED) is 0.172. The van der Waals surface area contributed by atoms with E-state index in [1.807, 2.05) is 36.4 Å². The van der Waals surface area contributed by atoms with Gasteiger partial charge in [-0.25, -0.2) is 0 Å². The summed E-state index contributed by atoms with van der Waals surface area (Å²) in [4.78, 5) is 0.716. The van der Waals surface area contributed by atoms with Gasteiger partial charge in [-0.3, -0.25) is 0 Å². The number of nitrogens with zero attached hydrogens (tertiary/aromatic N) is 1. The van der Waals surface area contributed by atoms with Crippen LogP contribution in [0.15, 0.2) is 200 Å². The van der Waals surface area contributed by atoms with Crippen molar-refractivity contribution in [1.29, 1.82) is 0 Å². The molecule has 0 bridgehead atoms. The van der Waals surface area contributed by atoms with Gasteiger partial charge in [0.05, 0.1) is 23.3 Å². The van der Waals surface area contributed by atoms with E-state index in [-0.39, 0.29) is 16.7 Å². The molecule has 0 aliphatic rings. The Hall–Kier alpha value is -6.18. The molecule has 0 heterocycles. The Balaban J connectivity index is 1.50. The topological polar surface area (TPSA) is 3.24 Å². The van der Waals surface area contributed by atoms with E-state index in [2.05, 4.69) is 0 Å². The van der Waals surface area contributed by atoms with Gasteiger partial charge in [0, 0.05) is 17.1 Å². The smallest absolute Gasteiger partial charge is 0.0651 e. The summed E-state index contributed by atoms with van der Waals surface area (Å²) in [5.74, 6) is 0. The van der Waals surface area contributed by atoms with E-state index < -0.39 is 131 Å². The van der Waals surface area contributed by atoms with Crippen molar-refractivity contribution in [3.8, 4) is 44.5 Å². The van der Waals surface area contributed by atoms with Gasteiger partial charge in [0.25, 0.3) is 0 Å². The van der Waals surface area contributed by atoms with E-state index in [1.165, 1.54) is 0 Å². The van der Waals surface area contributed by atoms with Gasteiger partial charge >= 0.3 is 0 Å². The molecule has 1 nitrogen and oxygen atoms in total. The van der Waals surface area contributed by atoms with Crippen molar-refractivity contribution in [1.82, 2.24) is 0 Å². The lowest BCUT2D eigenvalue weighted by Crippen LogP contribution is -2.10. The van der Waals surface area contributed by atoms with Crippen molar-refractivity contribution in [2.75, 3.05) is 4.90 Å². The van der Waals surface area contributed by atoms with Crippen LogP contribution in [0, 0.1) is 0 Å². The molecule has 0 fully saturated rings. The molecular formula is C46H33N. The molecule has 0 radical (unpaired) electrons. The molecule has 0 unspecified atom stereocenters. The van der Waals surface area contributed by atoms with Crippen molar-refractivity contribution in [2.45, 2.75) is 0 Å². The SMILES string of the molecule is [2H]c1c([2H])c([2H])c(-c2c([2H])c([2H])c(N(c3c([2H])c([2H])c(-c4cccc(-c5ccccc5)c4)c([2H])c3[2H])c3c([2H])c([2H])c([2H])c(-c4cccc5ccccc45)c3[2H])c([2H])c2[2H])c([2H])c1[2H]. The van der Waals surface area contributed by atoms with Gasteiger partial charge in [-0.15, -0.1) is 0 Å². The highest BCUT2D eigenvalue weighted by Gasteiger charge is 2.15. The Morgan fingerprint density at radius 2 is 0.915 bits per heavy atom. The highest BCUT2D eigenvalue weighted by molar-refractivity contribution is 5.97. The van der Waals surface area contributed by atoms with Crippen molar-refractivity contribution < 1.29 is 23.3 Å². The molecule has 0 aromatic heterocycles. The highest BCUT2D eigenvalue weighted by atomic mass is 15.1. The molecule has 1 heteroatoms. The van der Waals surface area contributed by atoms with Crippen LogP contribution in [0.1, 0.15) is 23.3 Å². The lowest BCUT2D eigenvalue weighted by atomic mass is 9.97. The average Bonchev–Trinajstić information content (AvgIpc) is 3.30. The van der Waals surface area contributed by atoms with Crippen LogP contribution in [0.4, 0.5) is 17.1 Å². The highest BCUT2D eigenvalue weighted by Crippen LogP contribution is 2.39. The normalized spacial score (nSPS) is 16.0. The first-order valence-corrected chi connectivity index (χ1v) is 14.7. The summed E-state index contributed by atoms with van der Waals surface area (Å²) in [5.41, 5.74) is -1.71. The third-order valence-corrected chi connectivity index (χ3v) is 7.57. The Bertz CT molecular complexity index is 3170. The summed E-state index contributed by atoms with van der Waals surface area (Å²) in [7, 11) is 0. The van der Waals surface area contributed by atoms with Crippen LogP contribution in [0.3, 0.4) is 0 Å². The van der Waals surface area contributed by atoms with Crippen LogP contribution < -0.4 is 4.90 Å². The summed E-state index contributed by atoms with van der Waals surface area (Å²) in [6.07, 6.45) is 0. The maximum Gasteiger partial charge on any atom is 0.0651 e. The summed E-state index contributed by atoms with van der Waals surface area (Å²) >= 11 is 0. The van der Waals surface area contributed by atoms with Gasteiger partial charge < -0.3 is 4.90 Å². The third kappa shape index (κ3) is 5.83. The fraction of sp³-hybridized carbons (Fsp3) is 0. The Morgan fingerprint density at radius 1 is 0.362 bits per heavy atom. The predicted molar refractivity (Wildman–Crippen MR) is 200 cm³/mol. The molecule has 0 N–H and O–H groups in total. The van der Waals surface area contributed by atoms with Crippen LogP contribution in [-0.4, -0.2) is 0 Å². The van der Waals surface area contributed by atoms with E-state index >= 15 is 0 Å². The first kappa shape index (κ1) is 15.4. The fourth-order valence-electron chi connectivity index (χ4n) is 5.32. The number of hydrogen-bond acceptors (Lipinski definition) is 1. The second-order valence-electron chi connectivity index (χ2n) is 10.5. The number of benzene rings is 8. The van der Waals surface area contributed by atoms with E-state index in [0.717, 1.165) is 5.56 Å². The minimum atomic E-state index is -0.966. The lowest BCUT2D eigenvalue weighted by Gasteiger charge is -2.26. The Morgan fingerprint density at radius 3 is 1.66 bits per heavy atom. The zero-order valence-corrected chi connectivity index (χ0v) is 24.7. The molecule has 0 atom stereocenters. The number of hydrogen-bond donors (Lipinski definition) is 0. The van der Waals surface area contributed by atoms with Gasteiger partial charge in [0.1, 0.15) is 0 Å². The van der Waals surface area contributed by atoms with Gasteiger partial charge in [0.2, 0.25) is 0 Å².